The monoisotopic (exact) mass is 351 g/mol. The van der Waals surface area contributed by atoms with Gasteiger partial charge in [-0.1, -0.05) is 39.5 Å². The molecule has 1 amide bonds. The molecule has 1 aromatic heterocycles. The Morgan fingerprint density at radius 3 is 2.71 bits per heavy atom. The molecule has 0 spiro atoms. The molecule has 1 N–H and O–H groups in total. The molecule has 24 heavy (non-hydrogen) atoms. The summed E-state index contributed by atoms with van der Waals surface area (Å²) in [6.45, 7) is 4.41. The first-order valence-electron chi connectivity index (χ1n) is 9.09. The number of esters is 1. The van der Waals surface area contributed by atoms with Crippen molar-refractivity contribution in [2.75, 3.05) is 12.4 Å². The van der Waals surface area contributed by atoms with Crippen LogP contribution in [-0.4, -0.2) is 19.0 Å². The number of carbonyl (C=O) groups is 2. The summed E-state index contributed by atoms with van der Waals surface area (Å²) in [5.74, 6) is 0.298. The first-order valence-corrected chi connectivity index (χ1v) is 9.91. The fourth-order valence-electron chi connectivity index (χ4n) is 3.24. The largest absolute Gasteiger partial charge is 0.465 e. The molecule has 0 aromatic carbocycles. The lowest BCUT2D eigenvalue weighted by Crippen LogP contribution is -2.15. The number of methoxy groups -OCH3 is 1. The Bertz CT molecular complexity index is 579. The van der Waals surface area contributed by atoms with E-state index >= 15 is 0 Å². The predicted molar refractivity (Wildman–Crippen MR) is 98.9 cm³/mol. The van der Waals surface area contributed by atoms with Crippen LogP contribution in [0.5, 0.6) is 0 Å². The van der Waals surface area contributed by atoms with Crippen molar-refractivity contribution in [1.82, 2.24) is 0 Å². The molecule has 4 nitrogen and oxygen atoms in total. The van der Waals surface area contributed by atoms with Gasteiger partial charge in [0, 0.05) is 11.3 Å². The second-order valence-corrected chi connectivity index (χ2v) is 7.87. The molecular weight excluding hydrogens is 322 g/mol. The van der Waals surface area contributed by atoms with Crippen LogP contribution in [0.3, 0.4) is 0 Å². The quantitative estimate of drug-likeness (QED) is 0.532. The van der Waals surface area contributed by atoms with Gasteiger partial charge in [0.25, 0.3) is 0 Å². The number of hydrogen-bond donors (Lipinski definition) is 1. The van der Waals surface area contributed by atoms with E-state index in [0.29, 0.717) is 22.9 Å². The van der Waals surface area contributed by atoms with E-state index in [9.17, 15) is 9.59 Å². The molecule has 1 aliphatic carbocycles. The lowest BCUT2D eigenvalue weighted by Gasteiger charge is -2.18. The Labute approximate surface area is 149 Å². The van der Waals surface area contributed by atoms with Crippen molar-refractivity contribution >= 4 is 28.2 Å². The van der Waals surface area contributed by atoms with E-state index in [1.54, 1.807) is 11.3 Å². The molecule has 0 saturated carbocycles. The highest BCUT2D eigenvalue weighted by atomic mass is 32.1. The summed E-state index contributed by atoms with van der Waals surface area (Å²) in [4.78, 5) is 25.7. The zero-order valence-corrected chi connectivity index (χ0v) is 15.9. The van der Waals surface area contributed by atoms with Crippen molar-refractivity contribution in [2.24, 2.45) is 5.92 Å². The summed E-state index contributed by atoms with van der Waals surface area (Å²) in [6, 6.07) is 0. The van der Waals surface area contributed by atoms with Gasteiger partial charge < -0.3 is 10.1 Å². The third-order valence-corrected chi connectivity index (χ3v) is 5.83. The summed E-state index contributed by atoms with van der Waals surface area (Å²) in [5, 5.41) is 3.65. The first-order chi connectivity index (χ1) is 11.6. The fourth-order valence-corrected chi connectivity index (χ4v) is 4.65. The normalized spacial score (nSPS) is 16.5. The van der Waals surface area contributed by atoms with Gasteiger partial charge in [-0.05, 0) is 37.2 Å². The van der Waals surface area contributed by atoms with E-state index in [1.165, 1.54) is 31.2 Å². The van der Waals surface area contributed by atoms with Crippen LogP contribution in [0.25, 0.3) is 0 Å². The number of amides is 1. The van der Waals surface area contributed by atoms with Crippen LogP contribution < -0.4 is 5.32 Å². The topological polar surface area (TPSA) is 55.4 Å². The van der Waals surface area contributed by atoms with Crippen molar-refractivity contribution in [1.29, 1.82) is 0 Å². The van der Waals surface area contributed by atoms with E-state index in [1.807, 2.05) is 0 Å². The van der Waals surface area contributed by atoms with Crippen molar-refractivity contribution in [2.45, 2.75) is 71.6 Å². The molecule has 0 fully saturated rings. The highest BCUT2D eigenvalue weighted by molar-refractivity contribution is 7.17. The number of carbonyl (C=O) groups excluding carboxylic acids is 2. The van der Waals surface area contributed by atoms with Crippen LogP contribution in [0.2, 0.25) is 0 Å². The highest BCUT2D eigenvalue weighted by Crippen LogP contribution is 2.40. The molecular formula is C19H29NO3S. The standard InChI is InChI=1S/C19H29NO3S/c1-4-5-6-7-8-9-16(21)20-18-17(19(22)23-3)14-11-10-13(2)12-15(14)24-18/h13H,4-12H2,1-3H3,(H,20,21). The average molecular weight is 352 g/mol. The number of thiophene rings is 1. The summed E-state index contributed by atoms with van der Waals surface area (Å²) < 4.78 is 4.95. The molecule has 1 aliphatic rings. The molecule has 2 rings (SSSR count). The number of ether oxygens (including phenoxy) is 1. The molecule has 5 heteroatoms. The van der Waals surface area contributed by atoms with Gasteiger partial charge in [0.05, 0.1) is 12.7 Å². The van der Waals surface area contributed by atoms with Crippen LogP contribution in [0.1, 0.15) is 79.6 Å². The van der Waals surface area contributed by atoms with E-state index < -0.39 is 0 Å². The van der Waals surface area contributed by atoms with Crippen molar-refractivity contribution in [3.8, 4) is 0 Å². The van der Waals surface area contributed by atoms with Gasteiger partial charge in [-0.3, -0.25) is 4.79 Å². The molecule has 1 unspecified atom stereocenters. The van der Waals surface area contributed by atoms with Gasteiger partial charge in [0.1, 0.15) is 5.00 Å². The summed E-state index contributed by atoms with van der Waals surface area (Å²) in [5.41, 5.74) is 1.67. The maximum Gasteiger partial charge on any atom is 0.341 e. The van der Waals surface area contributed by atoms with Crippen LogP contribution in [0.4, 0.5) is 5.00 Å². The van der Waals surface area contributed by atoms with Gasteiger partial charge in [0.2, 0.25) is 5.91 Å². The van der Waals surface area contributed by atoms with Gasteiger partial charge in [-0.2, -0.15) is 0 Å². The van der Waals surface area contributed by atoms with Gasteiger partial charge in [-0.15, -0.1) is 11.3 Å². The maximum absolute atomic E-state index is 12.2. The van der Waals surface area contributed by atoms with E-state index in [2.05, 4.69) is 19.2 Å². The number of hydrogen-bond acceptors (Lipinski definition) is 4. The molecule has 0 bridgehead atoms. The van der Waals surface area contributed by atoms with Gasteiger partial charge in [0.15, 0.2) is 0 Å². The van der Waals surface area contributed by atoms with Crippen molar-refractivity contribution in [3.63, 3.8) is 0 Å². The van der Waals surface area contributed by atoms with Crippen LogP contribution in [0.15, 0.2) is 0 Å². The third kappa shape index (κ3) is 4.82. The smallest absolute Gasteiger partial charge is 0.341 e. The molecule has 0 radical (unpaired) electrons. The minimum absolute atomic E-state index is 0.00305. The lowest BCUT2D eigenvalue weighted by atomic mass is 9.88. The lowest BCUT2D eigenvalue weighted by molar-refractivity contribution is -0.116. The zero-order valence-electron chi connectivity index (χ0n) is 15.1. The minimum atomic E-state index is -0.333. The van der Waals surface area contributed by atoms with Crippen molar-refractivity contribution in [3.05, 3.63) is 16.0 Å². The summed E-state index contributed by atoms with van der Waals surface area (Å²) in [7, 11) is 1.40. The number of rotatable bonds is 8. The minimum Gasteiger partial charge on any atom is -0.465 e. The second kappa shape index (κ2) is 9.21. The van der Waals surface area contributed by atoms with Crippen LogP contribution in [-0.2, 0) is 22.4 Å². The van der Waals surface area contributed by atoms with Gasteiger partial charge >= 0.3 is 5.97 Å². The Balaban J connectivity index is 2.03. The summed E-state index contributed by atoms with van der Waals surface area (Å²) in [6.07, 6.45) is 9.08. The third-order valence-electron chi connectivity index (χ3n) is 4.66. The average Bonchev–Trinajstić information content (AvgIpc) is 2.90. The molecule has 134 valence electrons. The second-order valence-electron chi connectivity index (χ2n) is 6.76. The van der Waals surface area contributed by atoms with Gasteiger partial charge in [-0.25, -0.2) is 4.79 Å². The maximum atomic E-state index is 12.2. The van der Waals surface area contributed by atoms with Crippen LogP contribution >= 0.6 is 11.3 Å². The van der Waals surface area contributed by atoms with Crippen LogP contribution in [0, 0.1) is 5.92 Å². The van der Waals surface area contributed by atoms with E-state index in [0.717, 1.165) is 37.7 Å². The Hall–Kier alpha value is -1.36. The van der Waals surface area contributed by atoms with E-state index in [-0.39, 0.29) is 11.9 Å². The Morgan fingerprint density at radius 1 is 1.25 bits per heavy atom. The first kappa shape index (κ1) is 19.0. The predicted octanol–water partition coefficient (Wildman–Crippen LogP) is 4.96. The highest BCUT2D eigenvalue weighted by Gasteiger charge is 2.28. The Kier molecular flexibility index (Phi) is 7.28. The molecule has 1 atom stereocenters. The molecule has 0 aliphatic heterocycles. The fraction of sp³-hybridized carbons (Fsp3) is 0.684. The number of fused-ring (bicyclic) bond motifs is 1. The number of unbranched alkanes of at least 4 members (excludes halogenated alkanes) is 4. The Morgan fingerprint density at radius 2 is 2.00 bits per heavy atom. The number of anilines is 1. The number of nitrogens with one attached hydrogen (secondary N) is 1. The SMILES string of the molecule is CCCCCCCC(=O)Nc1sc2c(c1C(=O)OC)CCC(C)C2. The van der Waals surface area contributed by atoms with E-state index in [4.69, 9.17) is 4.74 Å². The molecule has 0 saturated heterocycles. The molecule has 1 aromatic rings. The zero-order chi connectivity index (χ0) is 17.5. The summed E-state index contributed by atoms with van der Waals surface area (Å²) >= 11 is 1.55. The molecule has 1 heterocycles. The van der Waals surface area contributed by atoms with Crippen molar-refractivity contribution < 1.29 is 14.3 Å².